The Labute approximate surface area is 219 Å². The Morgan fingerprint density at radius 1 is 0.351 bits per heavy atom. The number of rotatable bonds is 3. The summed E-state index contributed by atoms with van der Waals surface area (Å²) in [5, 5.41) is 8.03. The van der Waals surface area contributed by atoms with Gasteiger partial charge in [0.2, 0.25) is 0 Å². The van der Waals surface area contributed by atoms with Gasteiger partial charge >= 0.3 is 0 Å². The lowest BCUT2D eigenvalue weighted by Gasteiger charge is -2.12. The maximum atomic E-state index is 6.14. The fraction of sp³-hybridized carbons (Fsp3) is 0. The van der Waals surface area contributed by atoms with Crippen LogP contribution in [0.5, 0.6) is 0 Å². The van der Waals surface area contributed by atoms with E-state index in [4.69, 9.17) is 26.6 Å². The zero-order chi connectivity index (χ0) is 24.8. The molecule has 0 saturated carbocycles. The van der Waals surface area contributed by atoms with Crippen LogP contribution in [0, 0.1) is 0 Å². The molecule has 0 N–H and O–H groups in total. The summed E-state index contributed by atoms with van der Waals surface area (Å²) in [7, 11) is 0. The standard InChI is InChI=1S/C33H20ClN3/c34-24-17-14-22(15-18-24)32-35-31(21-8-2-1-3-9-21)36-33(37-32)23-16-19-29-27-12-5-4-10-25(27)26-11-6-7-13-28(26)30(29)20-23/h1-20H. The van der Waals surface area contributed by atoms with Crippen molar-refractivity contribution < 1.29 is 0 Å². The van der Waals surface area contributed by atoms with E-state index in [1.165, 1.54) is 32.3 Å². The Morgan fingerprint density at radius 3 is 1.32 bits per heavy atom. The zero-order valence-corrected chi connectivity index (χ0v) is 20.5. The summed E-state index contributed by atoms with van der Waals surface area (Å²) in [4.78, 5) is 14.6. The largest absolute Gasteiger partial charge is 0.208 e. The van der Waals surface area contributed by atoms with Gasteiger partial charge in [-0.2, -0.15) is 0 Å². The van der Waals surface area contributed by atoms with Crippen LogP contribution in [0.4, 0.5) is 0 Å². The van der Waals surface area contributed by atoms with Crippen LogP contribution in [0.2, 0.25) is 5.02 Å². The van der Waals surface area contributed by atoms with E-state index < -0.39 is 0 Å². The SMILES string of the molecule is Clc1ccc(-c2nc(-c3ccccc3)nc(-c3ccc4c5ccccc5c5ccccc5c4c3)n2)cc1. The van der Waals surface area contributed by atoms with Gasteiger partial charge in [0.05, 0.1) is 0 Å². The lowest BCUT2D eigenvalue weighted by molar-refractivity contribution is 1.07. The number of halogens is 1. The first kappa shape index (κ1) is 21.7. The maximum Gasteiger partial charge on any atom is 0.164 e. The monoisotopic (exact) mass is 493 g/mol. The fourth-order valence-corrected chi connectivity index (χ4v) is 5.12. The molecule has 0 saturated heterocycles. The third kappa shape index (κ3) is 3.81. The molecule has 1 heterocycles. The molecule has 1 aromatic heterocycles. The topological polar surface area (TPSA) is 38.7 Å². The maximum absolute atomic E-state index is 6.14. The van der Waals surface area contributed by atoms with Crippen molar-refractivity contribution in [3.63, 3.8) is 0 Å². The van der Waals surface area contributed by atoms with Crippen LogP contribution in [0.3, 0.4) is 0 Å². The molecule has 6 aromatic carbocycles. The number of hydrogen-bond donors (Lipinski definition) is 0. The van der Waals surface area contributed by atoms with Gasteiger partial charge in [0, 0.05) is 21.7 Å². The predicted octanol–water partition coefficient (Wildman–Crippen LogP) is 8.99. The van der Waals surface area contributed by atoms with E-state index >= 15 is 0 Å². The minimum Gasteiger partial charge on any atom is -0.208 e. The van der Waals surface area contributed by atoms with E-state index in [1.807, 2.05) is 54.6 Å². The van der Waals surface area contributed by atoms with Gasteiger partial charge in [0.1, 0.15) is 0 Å². The molecule has 0 aliphatic heterocycles. The van der Waals surface area contributed by atoms with E-state index in [0.29, 0.717) is 22.5 Å². The summed E-state index contributed by atoms with van der Waals surface area (Å²) in [5.41, 5.74) is 2.78. The van der Waals surface area contributed by atoms with E-state index in [2.05, 4.69) is 66.7 Å². The van der Waals surface area contributed by atoms with E-state index in [-0.39, 0.29) is 0 Å². The molecule has 7 aromatic rings. The number of benzene rings is 6. The average Bonchev–Trinajstić information content (AvgIpc) is 2.98. The molecular weight excluding hydrogens is 474 g/mol. The van der Waals surface area contributed by atoms with Crippen LogP contribution >= 0.6 is 11.6 Å². The van der Waals surface area contributed by atoms with Crippen molar-refractivity contribution in [2.24, 2.45) is 0 Å². The minimum absolute atomic E-state index is 0.615. The van der Waals surface area contributed by atoms with Crippen molar-refractivity contribution in [2.75, 3.05) is 0 Å². The highest BCUT2D eigenvalue weighted by molar-refractivity contribution is 6.30. The normalized spacial score (nSPS) is 11.4. The van der Waals surface area contributed by atoms with Gasteiger partial charge in [0.25, 0.3) is 0 Å². The molecule has 7 rings (SSSR count). The van der Waals surface area contributed by atoms with Crippen molar-refractivity contribution >= 4 is 43.9 Å². The summed E-state index contributed by atoms with van der Waals surface area (Å²) >= 11 is 6.14. The second kappa shape index (κ2) is 8.81. The molecule has 0 fully saturated rings. The summed E-state index contributed by atoms with van der Waals surface area (Å²) in [5.74, 6) is 1.89. The number of nitrogens with zero attached hydrogens (tertiary/aromatic N) is 3. The lowest BCUT2D eigenvalue weighted by atomic mass is 9.93. The van der Waals surface area contributed by atoms with Gasteiger partial charge in [-0.1, -0.05) is 103 Å². The lowest BCUT2D eigenvalue weighted by Crippen LogP contribution is -2.00. The van der Waals surface area contributed by atoms with Crippen LogP contribution in [-0.2, 0) is 0 Å². The van der Waals surface area contributed by atoms with Crippen LogP contribution in [-0.4, -0.2) is 15.0 Å². The van der Waals surface area contributed by atoms with Gasteiger partial charge in [-0.15, -0.1) is 0 Å². The molecule has 0 spiro atoms. The second-order valence-electron chi connectivity index (χ2n) is 9.03. The van der Waals surface area contributed by atoms with Crippen LogP contribution in [0.25, 0.3) is 66.5 Å². The summed E-state index contributed by atoms with van der Waals surface area (Å²) in [6.07, 6.45) is 0. The van der Waals surface area contributed by atoms with Crippen molar-refractivity contribution in [2.45, 2.75) is 0 Å². The Hall–Kier alpha value is -4.60. The van der Waals surface area contributed by atoms with Crippen LogP contribution in [0.1, 0.15) is 0 Å². The van der Waals surface area contributed by atoms with E-state index in [9.17, 15) is 0 Å². The Bertz CT molecular complexity index is 1900. The molecule has 0 atom stereocenters. The third-order valence-electron chi connectivity index (χ3n) is 6.77. The summed E-state index contributed by atoms with van der Waals surface area (Å²) in [6, 6.07) is 41.3. The van der Waals surface area contributed by atoms with Gasteiger partial charge in [-0.25, -0.2) is 15.0 Å². The van der Waals surface area contributed by atoms with Gasteiger partial charge in [-0.3, -0.25) is 0 Å². The highest BCUT2D eigenvalue weighted by Gasteiger charge is 2.14. The van der Waals surface area contributed by atoms with Crippen molar-refractivity contribution in [1.82, 2.24) is 15.0 Å². The molecule has 174 valence electrons. The molecule has 0 unspecified atom stereocenters. The van der Waals surface area contributed by atoms with Crippen molar-refractivity contribution in [3.05, 3.63) is 126 Å². The first-order valence-electron chi connectivity index (χ1n) is 12.2. The van der Waals surface area contributed by atoms with Crippen molar-refractivity contribution in [3.8, 4) is 34.2 Å². The summed E-state index contributed by atoms with van der Waals surface area (Å²) < 4.78 is 0. The van der Waals surface area contributed by atoms with Gasteiger partial charge < -0.3 is 0 Å². The average molecular weight is 494 g/mol. The third-order valence-corrected chi connectivity index (χ3v) is 7.02. The van der Waals surface area contributed by atoms with E-state index in [1.54, 1.807) is 0 Å². The summed E-state index contributed by atoms with van der Waals surface area (Å²) in [6.45, 7) is 0. The first-order chi connectivity index (χ1) is 18.2. The van der Waals surface area contributed by atoms with E-state index in [0.717, 1.165) is 16.7 Å². The molecule has 0 bridgehead atoms. The molecular formula is C33H20ClN3. The molecule has 0 radical (unpaired) electrons. The van der Waals surface area contributed by atoms with Crippen LogP contribution in [0.15, 0.2) is 121 Å². The smallest absolute Gasteiger partial charge is 0.164 e. The van der Waals surface area contributed by atoms with Gasteiger partial charge in [-0.05, 0) is 62.6 Å². The highest BCUT2D eigenvalue weighted by Crippen LogP contribution is 2.37. The number of aromatic nitrogens is 3. The molecule has 0 aliphatic carbocycles. The highest BCUT2D eigenvalue weighted by atomic mass is 35.5. The second-order valence-corrected chi connectivity index (χ2v) is 9.47. The Kier molecular flexibility index (Phi) is 5.16. The Morgan fingerprint density at radius 2 is 0.757 bits per heavy atom. The quantitative estimate of drug-likeness (QED) is 0.230. The molecule has 0 amide bonds. The van der Waals surface area contributed by atoms with Crippen LogP contribution < -0.4 is 0 Å². The Balaban J connectivity index is 1.50. The molecule has 4 heteroatoms. The number of hydrogen-bond acceptors (Lipinski definition) is 3. The fourth-order valence-electron chi connectivity index (χ4n) is 5.00. The predicted molar refractivity (Wildman–Crippen MR) is 154 cm³/mol. The number of fused-ring (bicyclic) bond motifs is 6. The molecule has 37 heavy (non-hydrogen) atoms. The molecule has 0 aliphatic rings. The minimum atomic E-state index is 0.615. The zero-order valence-electron chi connectivity index (χ0n) is 19.8. The molecule has 3 nitrogen and oxygen atoms in total. The first-order valence-corrected chi connectivity index (χ1v) is 12.5. The van der Waals surface area contributed by atoms with Gasteiger partial charge in [0.15, 0.2) is 17.5 Å². The van der Waals surface area contributed by atoms with Crippen molar-refractivity contribution in [1.29, 1.82) is 0 Å².